The molecule has 56 valence electrons. The summed E-state index contributed by atoms with van der Waals surface area (Å²) in [4.78, 5) is 0. The van der Waals surface area contributed by atoms with Crippen LogP contribution in [0.4, 0.5) is 0 Å². The van der Waals surface area contributed by atoms with E-state index in [0.29, 0.717) is 12.2 Å². The van der Waals surface area contributed by atoms with Gasteiger partial charge in [0.05, 0.1) is 12.2 Å². The Bertz CT molecular complexity index is 53.6. The van der Waals surface area contributed by atoms with Gasteiger partial charge in [-0.05, 0) is 12.8 Å². The monoisotopic (exact) mass is 130 g/mol. The van der Waals surface area contributed by atoms with Gasteiger partial charge in [-0.1, -0.05) is 27.7 Å². The maximum atomic E-state index is 5.22. The third-order valence-electron chi connectivity index (χ3n) is 1.49. The molecule has 0 saturated carbocycles. The second kappa shape index (κ2) is 4.80. The van der Waals surface area contributed by atoms with Gasteiger partial charge >= 0.3 is 0 Å². The highest BCUT2D eigenvalue weighted by Crippen LogP contribution is 2.26. The zero-order valence-corrected chi connectivity index (χ0v) is 6.98. The fourth-order valence-corrected chi connectivity index (χ4v) is 0.897. The summed E-state index contributed by atoms with van der Waals surface area (Å²) in [6, 6.07) is 0. The van der Waals surface area contributed by atoms with E-state index in [9.17, 15) is 0 Å². The Labute approximate surface area is 58.4 Å². The Kier molecular flexibility index (Phi) is 4.78. The number of ether oxygens (including phenoxy) is 1. The SMILES string of the molecule is CC.CCC1OC1CC. The molecule has 1 saturated heterocycles. The molecule has 1 aliphatic heterocycles. The van der Waals surface area contributed by atoms with Crippen LogP contribution in [0.1, 0.15) is 40.5 Å². The number of rotatable bonds is 2. The van der Waals surface area contributed by atoms with Gasteiger partial charge in [0.25, 0.3) is 0 Å². The maximum absolute atomic E-state index is 5.22. The maximum Gasteiger partial charge on any atom is 0.0839 e. The lowest BCUT2D eigenvalue weighted by atomic mass is 10.2. The molecule has 0 radical (unpaired) electrons. The fraction of sp³-hybridized carbons (Fsp3) is 1.00. The Morgan fingerprint density at radius 2 is 1.33 bits per heavy atom. The van der Waals surface area contributed by atoms with Crippen LogP contribution in [0.5, 0.6) is 0 Å². The molecule has 0 spiro atoms. The standard InChI is InChI=1S/C6H12O.C2H6/c1-3-5-6(4-2)7-5;1-2/h5-6H,3-4H2,1-2H3;1-2H3. The third-order valence-corrected chi connectivity index (χ3v) is 1.49. The molecule has 0 bridgehead atoms. The van der Waals surface area contributed by atoms with Gasteiger partial charge in [-0.2, -0.15) is 0 Å². The second-order valence-electron chi connectivity index (χ2n) is 2.03. The molecule has 0 aromatic rings. The van der Waals surface area contributed by atoms with Crippen LogP contribution in [-0.4, -0.2) is 12.2 Å². The molecular weight excluding hydrogens is 112 g/mol. The van der Waals surface area contributed by atoms with Gasteiger partial charge in [0.15, 0.2) is 0 Å². The summed E-state index contributed by atoms with van der Waals surface area (Å²) in [5, 5.41) is 0. The summed E-state index contributed by atoms with van der Waals surface area (Å²) >= 11 is 0. The lowest BCUT2D eigenvalue weighted by Crippen LogP contribution is -1.87. The zero-order valence-electron chi connectivity index (χ0n) is 6.98. The highest BCUT2D eigenvalue weighted by atomic mass is 16.6. The summed E-state index contributed by atoms with van der Waals surface area (Å²) in [6.45, 7) is 8.33. The minimum atomic E-state index is 0.616. The van der Waals surface area contributed by atoms with Crippen molar-refractivity contribution >= 4 is 0 Å². The minimum Gasteiger partial charge on any atom is -0.370 e. The van der Waals surface area contributed by atoms with Crippen LogP contribution in [0.25, 0.3) is 0 Å². The smallest absolute Gasteiger partial charge is 0.0839 e. The van der Waals surface area contributed by atoms with Crippen LogP contribution in [0.15, 0.2) is 0 Å². The normalized spacial score (nSPS) is 30.7. The summed E-state index contributed by atoms with van der Waals surface area (Å²) in [6.07, 6.45) is 3.62. The average molecular weight is 130 g/mol. The van der Waals surface area contributed by atoms with E-state index in [2.05, 4.69) is 13.8 Å². The molecular formula is C8H18O. The molecule has 1 fully saturated rings. The van der Waals surface area contributed by atoms with E-state index >= 15 is 0 Å². The first-order valence-electron chi connectivity index (χ1n) is 4.04. The molecule has 0 N–H and O–H groups in total. The molecule has 9 heavy (non-hydrogen) atoms. The molecule has 1 rings (SSSR count). The summed E-state index contributed by atoms with van der Waals surface area (Å²) in [5.74, 6) is 0. The molecule has 0 aromatic heterocycles. The topological polar surface area (TPSA) is 12.5 Å². The van der Waals surface area contributed by atoms with Crippen molar-refractivity contribution in [3.8, 4) is 0 Å². The Morgan fingerprint density at radius 1 is 1.00 bits per heavy atom. The first kappa shape index (κ1) is 8.96. The van der Waals surface area contributed by atoms with E-state index in [1.807, 2.05) is 13.8 Å². The average Bonchev–Trinajstić information content (AvgIpc) is 2.70. The molecule has 2 unspecified atom stereocenters. The third kappa shape index (κ3) is 2.85. The van der Waals surface area contributed by atoms with Gasteiger partial charge in [0.1, 0.15) is 0 Å². The lowest BCUT2D eigenvalue weighted by molar-refractivity contribution is 0.363. The van der Waals surface area contributed by atoms with Gasteiger partial charge in [-0.3, -0.25) is 0 Å². The summed E-state index contributed by atoms with van der Waals surface area (Å²) in [7, 11) is 0. The van der Waals surface area contributed by atoms with E-state index in [4.69, 9.17) is 4.74 Å². The molecule has 0 amide bonds. The predicted octanol–water partition coefficient (Wildman–Crippen LogP) is 2.60. The van der Waals surface area contributed by atoms with Crippen molar-refractivity contribution < 1.29 is 4.74 Å². The fourth-order valence-electron chi connectivity index (χ4n) is 0.897. The van der Waals surface area contributed by atoms with Crippen molar-refractivity contribution in [1.29, 1.82) is 0 Å². The quantitative estimate of drug-likeness (QED) is 0.523. The van der Waals surface area contributed by atoms with Crippen LogP contribution < -0.4 is 0 Å². The van der Waals surface area contributed by atoms with E-state index < -0.39 is 0 Å². The lowest BCUT2D eigenvalue weighted by Gasteiger charge is -1.77. The molecule has 0 aromatic carbocycles. The van der Waals surface area contributed by atoms with Gasteiger partial charge in [0, 0.05) is 0 Å². The Balaban J connectivity index is 0.000000291. The van der Waals surface area contributed by atoms with Crippen LogP contribution in [0, 0.1) is 0 Å². The molecule has 2 atom stereocenters. The van der Waals surface area contributed by atoms with Crippen molar-refractivity contribution in [2.45, 2.75) is 52.7 Å². The number of hydrogen-bond acceptors (Lipinski definition) is 1. The van der Waals surface area contributed by atoms with Gasteiger partial charge in [-0.15, -0.1) is 0 Å². The predicted molar refractivity (Wildman–Crippen MR) is 40.6 cm³/mol. The van der Waals surface area contributed by atoms with Crippen LogP contribution in [0.2, 0.25) is 0 Å². The Hall–Kier alpha value is -0.0400. The first-order chi connectivity index (χ1) is 4.38. The number of hydrogen-bond donors (Lipinski definition) is 0. The van der Waals surface area contributed by atoms with Crippen LogP contribution in [-0.2, 0) is 4.74 Å². The number of epoxide rings is 1. The second-order valence-corrected chi connectivity index (χ2v) is 2.03. The molecule has 1 nitrogen and oxygen atoms in total. The van der Waals surface area contributed by atoms with Crippen LogP contribution in [0.3, 0.4) is 0 Å². The van der Waals surface area contributed by atoms with Crippen molar-refractivity contribution in [3.05, 3.63) is 0 Å². The largest absolute Gasteiger partial charge is 0.370 e. The van der Waals surface area contributed by atoms with Crippen molar-refractivity contribution in [1.82, 2.24) is 0 Å². The van der Waals surface area contributed by atoms with E-state index in [-0.39, 0.29) is 0 Å². The highest BCUT2D eigenvalue weighted by molar-refractivity contribution is 4.81. The van der Waals surface area contributed by atoms with Gasteiger partial charge < -0.3 is 4.74 Å². The molecule has 1 heteroatoms. The van der Waals surface area contributed by atoms with Crippen LogP contribution >= 0.6 is 0 Å². The van der Waals surface area contributed by atoms with E-state index in [1.54, 1.807) is 0 Å². The van der Waals surface area contributed by atoms with Crippen molar-refractivity contribution in [3.63, 3.8) is 0 Å². The van der Waals surface area contributed by atoms with Gasteiger partial charge in [0.2, 0.25) is 0 Å². The molecule has 0 aliphatic carbocycles. The van der Waals surface area contributed by atoms with Crippen molar-refractivity contribution in [2.24, 2.45) is 0 Å². The summed E-state index contributed by atoms with van der Waals surface area (Å²) in [5.41, 5.74) is 0. The van der Waals surface area contributed by atoms with Gasteiger partial charge in [-0.25, -0.2) is 0 Å². The molecule has 1 aliphatic rings. The first-order valence-corrected chi connectivity index (χ1v) is 4.04. The molecule has 1 heterocycles. The van der Waals surface area contributed by atoms with Crippen molar-refractivity contribution in [2.75, 3.05) is 0 Å². The van der Waals surface area contributed by atoms with E-state index in [1.165, 1.54) is 12.8 Å². The van der Waals surface area contributed by atoms with E-state index in [0.717, 1.165) is 0 Å². The highest BCUT2D eigenvalue weighted by Gasteiger charge is 2.34. The summed E-state index contributed by atoms with van der Waals surface area (Å²) < 4.78 is 5.22. The Morgan fingerprint density at radius 3 is 1.44 bits per heavy atom. The zero-order chi connectivity index (χ0) is 7.28. The minimum absolute atomic E-state index is 0.616.